The highest BCUT2D eigenvalue weighted by atomic mass is 16.2. The highest BCUT2D eigenvalue weighted by molar-refractivity contribution is 6.06. The number of benzene rings is 1. The van der Waals surface area contributed by atoms with Gasteiger partial charge in [-0.2, -0.15) is 0 Å². The molecule has 0 aromatic heterocycles. The Morgan fingerprint density at radius 1 is 1.19 bits per heavy atom. The van der Waals surface area contributed by atoms with Gasteiger partial charge in [0.1, 0.15) is 5.54 Å². The minimum Gasteiger partial charge on any atom is -0.369 e. The van der Waals surface area contributed by atoms with Crippen molar-refractivity contribution in [3.05, 3.63) is 24.3 Å². The number of hydrogen-bond donors (Lipinski definition) is 2. The van der Waals surface area contributed by atoms with E-state index in [4.69, 9.17) is 0 Å². The van der Waals surface area contributed by atoms with Gasteiger partial charge in [-0.1, -0.05) is 12.1 Å². The van der Waals surface area contributed by atoms with Gasteiger partial charge in [0.15, 0.2) is 0 Å². The maximum Gasteiger partial charge on any atom is 0.250 e. The molecule has 1 aromatic carbocycles. The molecule has 2 amide bonds. The Labute approximate surface area is 160 Å². The Hall–Kier alpha value is -2.12. The number of nitrogens with zero attached hydrogens (tertiary/aromatic N) is 3. The molecule has 2 fully saturated rings. The number of hydrogen-bond acceptors (Lipinski definition) is 5. The molecule has 0 aliphatic carbocycles. The second-order valence-corrected chi connectivity index (χ2v) is 8.23. The van der Waals surface area contributed by atoms with Crippen molar-refractivity contribution in [1.82, 2.24) is 14.7 Å². The molecule has 1 aromatic rings. The SMILES string of the molecule is CN(C)[C@@H]1CCN(CC(=O)N2CCC3(CC2)Nc2ccccc2NC3=O)C1. The summed E-state index contributed by atoms with van der Waals surface area (Å²) in [6, 6.07) is 8.31. The maximum absolute atomic E-state index is 12.7. The first-order valence-electron chi connectivity index (χ1n) is 9.82. The van der Waals surface area contributed by atoms with Gasteiger partial charge in [0.2, 0.25) is 11.8 Å². The van der Waals surface area contributed by atoms with E-state index < -0.39 is 5.54 Å². The molecule has 3 heterocycles. The predicted molar refractivity (Wildman–Crippen MR) is 106 cm³/mol. The van der Waals surface area contributed by atoms with Crippen LogP contribution in [0, 0.1) is 0 Å². The van der Waals surface area contributed by atoms with Gasteiger partial charge in [-0.05, 0) is 45.5 Å². The summed E-state index contributed by atoms with van der Waals surface area (Å²) < 4.78 is 0. The van der Waals surface area contributed by atoms with Gasteiger partial charge < -0.3 is 20.4 Å². The minimum atomic E-state index is -0.602. The fraction of sp³-hybridized carbons (Fsp3) is 0.600. The summed E-state index contributed by atoms with van der Waals surface area (Å²) in [6.45, 7) is 3.66. The van der Waals surface area contributed by atoms with E-state index >= 15 is 0 Å². The van der Waals surface area contributed by atoms with Crippen LogP contribution in [0.25, 0.3) is 0 Å². The lowest BCUT2D eigenvalue weighted by molar-refractivity contribution is -0.135. The lowest BCUT2D eigenvalue weighted by Gasteiger charge is -2.44. The molecule has 2 N–H and O–H groups in total. The lowest BCUT2D eigenvalue weighted by Crippen LogP contribution is -2.59. The van der Waals surface area contributed by atoms with Gasteiger partial charge in [0, 0.05) is 32.2 Å². The van der Waals surface area contributed by atoms with Crippen molar-refractivity contribution < 1.29 is 9.59 Å². The van der Waals surface area contributed by atoms with Gasteiger partial charge in [-0.15, -0.1) is 0 Å². The number of likely N-dealkylation sites (N-methyl/N-ethyl adjacent to an activating group) is 1. The molecule has 3 aliphatic rings. The van der Waals surface area contributed by atoms with Crippen LogP contribution < -0.4 is 10.6 Å². The van der Waals surface area contributed by atoms with Crippen molar-refractivity contribution in [2.45, 2.75) is 30.8 Å². The highest BCUT2D eigenvalue weighted by Crippen LogP contribution is 2.36. The van der Waals surface area contributed by atoms with Crippen molar-refractivity contribution in [2.75, 3.05) is 57.5 Å². The second-order valence-electron chi connectivity index (χ2n) is 8.23. The summed E-state index contributed by atoms with van der Waals surface area (Å²) >= 11 is 0. The highest BCUT2D eigenvalue weighted by Gasteiger charge is 2.45. The minimum absolute atomic E-state index is 0.0154. The van der Waals surface area contributed by atoms with Crippen LogP contribution in [0.2, 0.25) is 0 Å². The quantitative estimate of drug-likeness (QED) is 0.831. The molecular weight excluding hydrogens is 342 g/mol. The summed E-state index contributed by atoms with van der Waals surface area (Å²) in [7, 11) is 4.20. The number of likely N-dealkylation sites (tertiary alicyclic amines) is 2. The van der Waals surface area contributed by atoms with Gasteiger partial charge in [-0.25, -0.2) is 0 Å². The number of anilines is 2. The van der Waals surface area contributed by atoms with Crippen molar-refractivity contribution in [3.8, 4) is 0 Å². The standard InChI is InChI=1S/C20H29N5O2/c1-23(2)15-7-10-24(13-15)14-18(26)25-11-8-20(9-12-25)19(27)21-16-5-3-4-6-17(16)22-20/h3-6,15,22H,7-14H2,1-2H3,(H,21,27)/t15-/m1/s1. The predicted octanol–water partition coefficient (Wildman–Crippen LogP) is 1.05. The molecule has 1 spiro atoms. The molecule has 0 bridgehead atoms. The third-order valence-corrected chi connectivity index (χ3v) is 6.29. The van der Waals surface area contributed by atoms with E-state index in [0.717, 1.165) is 30.9 Å². The zero-order valence-electron chi connectivity index (χ0n) is 16.2. The summed E-state index contributed by atoms with van der Waals surface area (Å²) in [6.07, 6.45) is 2.39. The average Bonchev–Trinajstić information content (AvgIpc) is 3.12. The third kappa shape index (κ3) is 3.53. The first kappa shape index (κ1) is 18.3. The Bertz CT molecular complexity index is 727. The van der Waals surface area contributed by atoms with Crippen molar-refractivity contribution in [2.24, 2.45) is 0 Å². The summed E-state index contributed by atoms with van der Waals surface area (Å²) in [5, 5.41) is 6.47. The van der Waals surface area contributed by atoms with E-state index in [9.17, 15) is 9.59 Å². The van der Waals surface area contributed by atoms with E-state index in [-0.39, 0.29) is 11.8 Å². The van der Waals surface area contributed by atoms with Crippen LogP contribution in [0.5, 0.6) is 0 Å². The van der Waals surface area contributed by atoms with Gasteiger partial charge in [0.05, 0.1) is 17.9 Å². The number of carbonyl (C=O) groups excluding carboxylic acids is 2. The first-order valence-corrected chi connectivity index (χ1v) is 9.82. The van der Waals surface area contributed by atoms with Crippen LogP contribution in [0.15, 0.2) is 24.3 Å². The number of carbonyl (C=O) groups is 2. The number of fused-ring (bicyclic) bond motifs is 1. The maximum atomic E-state index is 12.7. The first-order chi connectivity index (χ1) is 13.0. The molecule has 2 saturated heterocycles. The van der Waals surface area contributed by atoms with Crippen LogP contribution in [0.3, 0.4) is 0 Å². The fourth-order valence-corrected chi connectivity index (χ4v) is 4.42. The Morgan fingerprint density at radius 2 is 1.89 bits per heavy atom. The average molecular weight is 371 g/mol. The van der Waals surface area contributed by atoms with Gasteiger partial charge in [-0.3, -0.25) is 14.5 Å². The molecule has 1 atom stereocenters. The molecule has 146 valence electrons. The van der Waals surface area contributed by atoms with E-state index in [1.807, 2.05) is 29.2 Å². The van der Waals surface area contributed by atoms with Crippen LogP contribution in [0.1, 0.15) is 19.3 Å². The summed E-state index contributed by atoms with van der Waals surface area (Å²) in [5.41, 5.74) is 1.19. The Morgan fingerprint density at radius 3 is 2.56 bits per heavy atom. The molecule has 0 unspecified atom stereocenters. The van der Waals surface area contributed by atoms with E-state index in [0.29, 0.717) is 38.5 Å². The number of piperidine rings is 1. The van der Waals surface area contributed by atoms with Crippen LogP contribution in [-0.2, 0) is 9.59 Å². The molecule has 0 radical (unpaired) electrons. The molecule has 0 saturated carbocycles. The van der Waals surface area contributed by atoms with E-state index in [1.165, 1.54) is 0 Å². The topological polar surface area (TPSA) is 67.9 Å². The van der Waals surface area contributed by atoms with E-state index in [2.05, 4.69) is 34.5 Å². The van der Waals surface area contributed by atoms with Crippen LogP contribution in [-0.4, -0.2) is 84.9 Å². The van der Waals surface area contributed by atoms with Gasteiger partial charge in [0.25, 0.3) is 0 Å². The summed E-state index contributed by atoms with van der Waals surface area (Å²) in [5.74, 6) is 0.197. The van der Waals surface area contributed by atoms with Crippen molar-refractivity contribution in [1.29, 1.82) is 0 Å². The molecule has 3 aliphatic heterocycles. The number of para-hydroxylation sites is 2. The van der Waals surface area contributed by atoms with Crippen LogP contribution >= 0.6 is 0 Å². The van der Waals surface area contributed by atoms with Crippen molar-refractivity contribution >= 4 is 23.2 Å². The lowest BCUT2D eigenvalue weighted by atomic mass is 9.84. The molecule has 7 nitrogen and oxygen atoms in total. The monoisotopic (exact) mass is 371 g/mol. The fourth-order valence-electron chi connectivity index (χ4n) is 4.42. The van der Waals surface area contributed by atoms with Gasteiger partial charge >= 0.3 is 0 Å². The number of amides is 2. The zero-order valence-corrected chi connectivity index (χ0v) is 16.2. The molecule has 4 rings (SSSR count). The van der Waals surface area contributed by atoms with Crippen LogP contribution in [0.4, 0.5) is 11.4 Å². The Balaban J connectivity index is 1.34. The smallest absolute Gasteiger partial charge is 0.250 e. The number of rotatable bonds is 3. The molecular formula is C20H29N5O2. The molecule has 7 heteroatoms. The normalized spacial score (nSPS) is 24.6. The molecule has 27 heavy (non-hydrogen) atoms. The second kappa shape index (κ2) is 7.13. The zero-order chi connectivity index (χ0) is 19.0. The van der Waals surface area contributed by atoms with E-state index in [1.54, 1.807) is 0 Å². The number of nitrogens with one attached hydrogen (secondary N) is 2. The summed E-state index contributed by atoms with van der Waals surface area (Å²) in [4.78, 5) is 31.8. The Kier molecular flexibility index (Phi) is 4.82. The largest absolute Gasteiger partial charge is 0.369 e. The van der Waals surface area contributed by atoms with Crippen molar-refractivity contribution in [3.63, 3.8) is 0 Å². The third-order valence-electron chi connectivity index (χ3n) is 6.29.